The molecule has 2 aromatic rings. The van der Waals surface area contributed by atoms with Crippen LogP contribution in [0.15, 0.2) is 51.8 Å². The Morgan fingerprint density at radius 2 is 1.70 bits per heavy atom. The van der Waals surface area contributed by atoms with Crippen LogP contribution in [0.3, 0.4) is 0 Å². The van der Waals surface area contributed by atoms with Crippen LogP contribution in [0.1, 0.15) is 50.6 Å². The van der Waals surface area contributed by atoms with Crippen LogP contribution >= 0.6 is 15.9 Å². The first-order valence-corrected chi connectivity index (χ1v) is 13.3. The number of methoxy groups -OCH3 is 2. The highest BCUT2D eigenvalue weighted by atomic mass is 79.9. The smallest absolute Gasteiger partial charge is 0.243 e. The molecule has 33 heavy (non-hydrogen) atoms. The molecule has 1 saturated carbocycles. The van der Waals surface area contributed by atoms with E-state index >= 15 is 0 Å². The second-order valence-corrected chi connectivity index (χ2v) is 11.0. The highest BCUT2D eigenvalue weighted by molar-refractivity contribution is 9.10. The Morgan fingerprint density at radius 3 is 2.30 bits per heavy atom. The van der Waals surface area contributed by atoms with Gasteiger partial charge >= 0.3 is 0 Å². The summed E-state index contributed by atoms with van der Waals surface area (Å²) in [5.41, 5.74) is 0.943. The van der Waals surface area contributed by atoms with E-state index in [-0.39, 0.29) is 29.4 Å². The van der Waals surface area contributed by atoms with E-state index in [1.807, 2.05) is 31.2 Å². The molecule has 0 aliphatic heterocycles. The number of benzene rings is 2. The van der Waals surface area contributed by atoms with Crippen LogP contribution in [0.2, 0.25) is 0 Å². The molecule has 1 amide bonds. The first kappa shape index (κ1) is 25.5. The van der Waals surface area contributed by atoms with Gasteiger partial charge in [0.2, 0.25) is 15.9 Å². The third-order valence-electron chi connectivity index (χ3n) is 5.99. The number of carbonyl (C=O) groups excluding carboxylic acids is 1. The Labute approximate surface area is 204 Å². The summed E-state index contributed by atoms with van der Waals surface area (Å²) in [6.07, 6.45) is 4.44. The Bertz CT molecular complexity index is 1050. The second kappa shape index (κ2) is 11.4. The SMILES string of the molecule is COc1ccc(S(=O)(=O)N(CC(=O)NC(C)c2ccc(Br)cc2)C2CCCCC2)cc1OC. The van der Waals surface area contributed by atoms with Gasteiger partial charge in [0.1, 0.15) is 0 Å². The van der Waals surface area contributed by atoms with Crippen LogP contribution in [-0.2, 0) is 14.8 Å². The maximum atomic E-state index is 13.7. The Balaban J connectivity index is 1.85. The van der Waals surface area contributed by atoms with E-state index in [0.29, 0.717) is 11.5 Å². The van der Waals surface area contributed by atoms with Crippen molar-refractivity contribution >= 4 is 31.9 Å². The fourth-order valence-corrected chi connectivity index (χ4v) is 6.08. The van der Waals surface area contributed by atoms with Crippen LogP contribution in [0.5, 0.6) is 11.5 Å². The molecule has 1 unspecified atom stereocenters. The highest BCUT2D eigenvalue weighted by Crippen LogP contribution is 2.33. The molecule has 1 aliphatic carbocycles. The van der Waals surface area contributed by atoms with Crippen LogP contribution in [-0.4, -0.2) is 45.4 Å². The summed E-state index contributed by atoms with van der Waals surface area (Å²) < 4.78 is 40.2. The maximum Gasteiger partial charge on any atom is 0.243 e. The highest BCUT2D eigenvalue weighted by Gasteiger charge is 2.34. The average molecular weight is 539 g/mol. The quantitative estimate of drug-likeness (QED) is 0.501. The van der Waals surface area contributed by atoms with Gasteiger partial charge in [-0.05, 0) is 49.6 Å². The van der Waals surface area contributed by atoms with Gasteiger partial charge in [-0.3, -0.25) is 4.79 Å². The summed E-state index contributed by atoms with van der Waals surface area (Å²) in [6.45, 7) is 1.65. The van der Waals surface area contributed by atoms with Gasteiger partial charge in [0.05, 0.1) is 31.7 Å². The van der Waals surface area contributed by atoms with Gasteiger partial charge in [-0.25, -0.2) is 8.42 Å². The lowest BCUT2D eigenvalue weighted by Gasteiger charge is -2.33. The summed E-state index contributed by atoms with van der Waals surface area (Å²) in [6, 6.07) is 11.7. The fraction of sp³-hybridized carbons (Fsp3) is 0.458. The summed E-state index contributed by atoms with van der Waals surface area (Å²) in [5.74, 6) is 0.442. The number of hydrogen-bond acceptors (Lipinski definition) is 5. The monoisotopic (exact) mass is 538 g/mol. The molecule has 9 heteroatoms. The number of hydrogen-bond donors (Lipinski definition) is 1. The lowest BCUT2D eigenvalue weighted by molar-refractivity contribution is -0.122. The van der Waals surface area contributed by atoms with Crippen molar-refractivity contribution in [1.82, 2.24) is 9.62 Å². The molecule has 0 aromatic heterocycles. The average Bonchev–Trinajstić information content (AvgIpc) is 2.82. The molecular formula is C24H31BrN2O5S. The zero-order valence-corrected chi connectivity index (χ0v) is 21.6. The molecule has 1 atom stereocenters. The first-order valence-electron chi connectivity index (χ1n) is 11.0. The van der Waals surface area contributed by atoms with Crippen molar-refractivity contribution in [3.8, 4) is 11.5 Å². The van der Waals surface area contributed by atoms with Crippen molar-refractivity contribution in [2.75, 3.05) is 20.8 Å². The van der Waals surface area contributed by atoms with Crippen molar-refractivity contribution < 1.29 is 22.7 Å². The first-order chi connectivity index (χ1) is 15.8. The van der Waals surface area contributed by atoms with E-state index in [4.69, 9.17) is 9.47 Å². The van der Waals surface area contributed by atoms with Crippen LogP contribution < -0.4 is 14.8 Å². The van der Waals surface area contributed by atoms with E-state index < -0.39 is 10.0 Å². The lowest BCUT2D eigenvalue weighted by Crippen LogP contribution is -2.47. The van der Waals surface area contributed by atoms with Crippen LogP contribution in [0, 0.1) is 0 Å². The minimum Gasteiger partial charge on any atom is -0.493 e. The third kappa shape index (κ3) is 6.28. The number of carbonyl (C=O) groups is 1. The topological polar surface area (TPSA) is 84.9 Å². The molecule has 0 heterocycles. The molecular weight excluding hydrogens is 508 g/mol. The van der Waals surface area contributed by atoms with Gasteiger partial charge in [-0.2, -0.15) is 4.31 Å². The Kier molecular flexibility index (Phi) is 8.78. The van der Waals surface area contributed by atoms with Gasteiger partial charge in [-0.1, -0.05) is 47.3 Å². The molecule has 180 valence electrons. The van der Waals surface area contributed by atoms with E-state index in [0.717, 1.165) is 42.1 Å². The van der Waals surface area contributed by atoms with Gasteiger partial charge < -0.3 is 14.8 Å². The number of rotatable bonds is 9. The zero-order valence-electron chi connectivity index (χ0n) is 19.2. The number of nitrogens with one attached hydrogen (secondary N) is 1. The number of nitrogens with zero attached hydrogens (tertiary/aromatic N) is 1. The standard InChI is InChI=1S/C24H31BrN2O5S/c1-17(18-9-11-19(25)12-10-18)26-24(28)16-27(20-7-5-4-6-8-20)33(29,30)21-13-14-22(31-2)23(15-21)32-3/h9-15,17,20H,4-8,16H2,1-3H3,(H,26,28). The molecule has 0 spiro atoms. The molecule has 1 N–H and O–H groups in total. The molecule has 0 radical (unpaired) electrons. The summed E-state index contributed by atoms with van der Waals surface area (Å²) >= 11 is 3.41. The Morgan fingerprint density at radius 1 is 1.06 bits per heavy atom. The lowest BCUT2D eigenvalue weighted by atomic mass is 9.95. The van der Waals surface area contributed by atoms with E-state index in [1.165, 1.54) is 30.7 Å². The van der Waals surface area contributed by atoms with Crippen molar-refractivity contribution in [1.29, 1.82) is 0 Å². The van der Waals surface area contributed by atoms with Crippen molar-refractivity contribution in [3.63, 3.8) is 0 Å². The molecule has 1 aliphatic rings. The van der Waals surface area contributed by atoms with Crippen molar-refractivity contribution in [3.05, 3.63) is 52.5 Å². The number of ether oxygens (including phenoxy) is 2. The second-order valence-electron chi connectivity index (χ2n) is 8.20. The molecule has 1 fully saturated rings. The Hall–Kier alpha value is -2.10. The molecule has 0 bridgehead atoms. The van der Waals surface area contributed by atoms with E-state index in [9.17, 15) is 13.2 Å². The van der Waals surface area contributed by atoms with Gasteiger partial charge in [0, 0.05) is 16.6 Å². The normalized spacial score (nSPS) is 15.8. The predicted molar refractivity (Wildman–Crippen MR) is 131 cm³/mol. The molecule has 3 rings (SSSR count). The number of halogens is 1. The van der Waals surface area contributed by atoms with E-state index in [1.54, 1.807) is 6.07 Å². The summed E-state index contributed by atoms with van der Waals surface area (Å²) in [5, 5.41) is 2.94. The zero-order chi connectivity index (χ0) is 24.0. The third-order valence-corrected chi connectivity index (χ3v) is 8.41. The number of sulfonamides is 1. The van der Waals surface area contributed by atoms with Gasteiger partial charge in [0.25, 0.3) is 0 Å². The largest absolute Gasteiger partial charge is 0.493 e. The molecule has 7 nitrogen and oxygen atoms in total. The number of amides is 1. The maximum absolute atomic E-state index is 13.7. The minimum absolute atomic E-state index is 0.0829. The predicted octanol–water partition coefficient (Wildman–Crippen LogP) is 4.67. The fourth-order valence-electron chi connectivity index (χ4n) is 4.16. The van der Waals surface area contributed by atoms with Gasteiger partial charge in [-0.15, -0.1) is 0 Å². The van der Waals surface area contributed by atoms with Crippen molar-refractivity contribution in [2.24, 2.45) is 0 Å². The minimum atomic E-state index is -3.93. The van der Waals surface area contributed by atoms with E-state index in [2.05, 4.69) is 21.2 Å². The molecule has 2 aromatic carbocycles. The summed E-state index contributed by atoms with van der Waals surface area (Å²) in [7, 11) is -0.969. The van der Waals surface area contributed by atoms with Crippen molar-refractivity contribution in [2.45, 2.75) is 56.0 Å². The summed E-state index contributed by atoms with van der Waals surface area (Å²) in [4.78, 5) is 13.1. The van der Waals surface area contributed by atoms with Gasteiger partial charge in [0.15, 0.2) is 11.5 Å². The van der Waals surface area contributed by atoms with Crippen LogP contribution in [0.4, 0.5) is 0 Å². The van der Waals surface area contributed by atoms with Crippen LogP contribution in [0.25, 0.3) is 0 Å². The molecule has 0 saturated heterocycles.